The SMILES string of the molecule is CO[S-](=O)=Nc1ccc(OCC(=O)N(C)C(CN2CC[C@H](O)C2)c2ccccc2)c2ncccc12. The fourth-order valence-corrected chi connectivity index (χ4v) is 4.60. The van der Waals surface area contributed by atoms with Crippen molar-refractivity contribution in [1.29, 1.82) is 0 Å². The van der Waals surface area contributed by atoms with Crippen molar-refractivity contribution in [3.8, 4) is 5.75 Å². The molecule has 0 spiro atoms. The minimum Gasteiger partial charge on any atom is -0.481 e. The zero-order valence-corrected chi connectivity index (χ0v) is 20.6. The minimum absolute atomic E-state index is 0.172. The first-order valence-electron chi connectivity index (χ1n) is 11.4. The highest BCUT2D eigenvalue weighted by Gasteiger charge is 2.28. The third kappa shape index (κ3) is 6.15. The summed E-state index contributed by atoms with van der Waals surface area (Å²) in [4.78, 5) is 21.4. The molecule has 0 bridgehead atoms. The van der Waals surface area contributed by atoms with Crippen LogP contribution in [0.5, 0.6) is 5.75 Å². The molecule has 2 atom stereocenters. The van der Waals surface area contributed by atoms with Crippen LogP contribution >= 0.6 is 0 Å². The summed E-state index contributed by atoms with van der Waals surface area (Å²) in [5.41, 5.74) is 2.00. The molecule has 1 aliphatic heterocycles. The molecule has 1 aromatic heterocycles. The molecule has 1 aliphatic rings. The summed E-state index contributed by atoms with van der Waals surface area (Å²) in [7, 11) is 1.28. The van der Waals surface area contributed by atoms with Gasteiger partial charge in [-0.2, -0.15) is 0 Å². The van der Waals surface area contributed by atoms with E-state index in [-0.39, 0.29) is 24.7 Å². The van der Waals surface area contributed by atoms with Crippen molar-refractivity contribution in [1.82, 2.24) is 14.8 Å². The summed E-state index contributed by atoms with van der Waals surface area (Å²) in [6.07, 6.45) is 2.03. The Balaban J connectivity index is 1.51. The molecule has 0 aliphatic carbocycles. The lowest BCUT2D eigenvalue weighted by molar-refractivity contribution is -0.134. The van der Waals surface area contributed by atoms with Gasteiger partial charge in [-0.15, -0.1) is 0 Å². The molecule has 0 saturated carbocycles. The zero-order chi connectivity index (χ0) is 24.8. The van der Waals surface area contributed by atoms with Gasteiger partial charge in [-0.25, -0.2) is 0 Å². The van der Waals surface area contributed by atoms with Gasteiger partial charge in [-0.1, -0.05) is 41.2 Å². The molecule has 1 saturated heterocycles. The maximum absolute atomic E-state index is 13.2. The fraction of sp³-hybridized carbons (Fsp3) is 0.360. The highest BCUT2D eigenvalue weighted by molar-refractivity contribution is 7.69. The van der Waals surface area contributed by atoms with Gasteiger partial charge in [0.2, 0.25) is 0 Å². The number of ether oxygens (including phenoxy) is 1. The summed E-state index contributed by atoms with van der Waals surface area (Å²) in [5, 5.41) is 10.6. The number of rotatable bonds is 9. The Morgan fingerprint density at radius 1 is 1.26 bits per heavy atom. The number of likely N-dealkylation sites (N-methyl/N-ethyl adjacent to an activating group) is 1. The lowest BCUT2D eigenvalue weighted by Crippen LogP contribution is -2.40. The van der Waals surface area contributed by atoms with Crippen molar-refractivity contribution in [2.75, 3.05) is 40.4 Å². The number of hydrogen-bond donors (Lipinski definition) is 1. The van der Waals surface area contributed by atoms with E-state index < -0.39 is 10.9 Å². The molecule has 1 fully saturated rings. The first kappa shape index (κ1) is 25.1. The summed E-state index contributed by atoms with van der Waals surface area (Å²) < 4.78 is 26.4. The van der Waals surface area contributed by atoms with Crippen molar-refractivity contribution in [2.45, 2.75) is 18.6 Å². The van der Waals surface area contributed by atoms with E-state index in [0.29, 0.717) is 35.4 Å². The number of carbonyl (C=O) groups excluding carboxylic acids is 1. The molecule has 10 heteroatoms. The number of amides is 1. The second kappa shape index (κ2) is 11.6. The van der Waals surface area contributed by atoms with E-state index >= 15 is 0 Å². The van der Waals surface area contributed by atoms with Crippen LogP contribution in [-0.2, 0) is 24.1 Å². The minimum atomic E-state index is -1.81. The highest BCUT2D eigenvalue weighted by Crippen LogP contribution is 2.32. The average molecular weight is 498 g/mol. The normalized spacial score (nSPS) is 18.0. The third-order valence-corrected chi connectivity index (χ3v) is 6.73. The Morgan fingerprint density at radius 2 is 2.06 bits per heavy atom. The van der Waals surface area contributed by atoms with Crippen LogP contribution in [0.15, 0.2) is 65.2 Å². The Hall–Kier alpha value is -3.05. The lowest BCUT2D eigenvalue weighted by Gasteiger charge is -2.32. The van der Waals surface area contributed by atoms with E-state index in [2.05, 4.69) is 14.2 Å². The molecular formula is C25H29N4O5S-. The van der Waals surface area contributed by atoms with Gasteiger partial charge in [-0.05, 0) is 36.2 Å². The number of aliphatic hydroxyl groups is 1. The quantitative estimate of drug-likeness (QED) is 0.453. The molecule has 3 aromatic rings. The summed E-state index contributed by atoms with van der Waals surface area (Å²) >= 11 is 0. The molecule has 2 heterocycles. The molecule has 9 nitrogen and oxygen atoms in total. The number of pyridine rings is 1. The van der Waals surface area contributed by atoms with Crippen LogP contribution in [0.4, 0.5) is 5.69 Å². The maximum atomic E-state index is 13.2. The second-order valence-corrected chi connectivity index (χ2v) is 9.33. The number of likely N-dealkylation sites (tertiary alicyclic amines) is 1. The van der Waals surface area contributed by atoms with Gasteiger partial charge < -0.3 is 27.5 Å². The van der Waals surface area contributed by atoms with E-state index in [0.717, 1.165) is 18.5 Å². The first-order valence-corrected chi connectivity index (χ1v) is 12.4. The van der Waals surface area contributed by atoms with E-state index in [1.54, 1.807) is 42.4 Å². The number of fused-ring (bicyclic) bond motifs is 1. The standard InChI is InChI=1S/C25H29N4O5S/c1-28(22(18-7-4-3-5-8-18)16-29-14-12-19(30)15-29)24(31)17-34-23-11-10-21(27-35(32)33-2)20-9-6-13-26-25(20)23/h3-11,13,19,22,30H,12,14-17H2,1-2H3/q-1/t19-,22?/m0/s1. The van der Waals surface area contributed by atoms with Crippen LogP contribution in [0.2, 0.25) is 0 Å². The maximum Gasteiger partial charge on any atom is 0.260 e. The van der Waals surface area contributed by atoms with Crippen LogP contribution in [-0.4, -0.2) is 72.3 Å². The van der Waals surface area contributed by atoms with Crippen LogP contribution in [0.25, 0.3) is 10.9 Å². The van der Waals surface area contributed by atoms with Crippen molar-refractivity contribution in [3.05, 3.63) is 66.4 Å². The topological polar surface area (TPSA) is 105 Å². The van der Waals surface area contributed by atoms with Crippen LogP contribution in [0.1, 0.15) is 18.0 Å². The van der Waals surface area contributed by atoms with Gasteiger partial charge in [-0.3, -0.25) is 14.7 Å². The molecule has 1 N–H and O–H groups in total. The summed E-state index contributed by atoms with van der Waals surface area (Å²) in [6.45, 7) is 1.85. The average Bonchev–Trinajstić information content (AvgIpc) is 3.31. The monoisotopic (exact) mass is 497 g/mol. The van der Waals surface area contributed by atoms with Crippen molar-refractivity contribution in [3.63, 3.8) is 0 Å². The van der Waals surface area contributed by atoms with E-state index in [9.17, 15) is 14.1 Å². The van der Waals surface area contributed by atoms with Crippen LogP contribution in [0, 0.1) is 0 Å². The van der Waals surface area contributed by atoms with E-state index in [1.165, 1.54) is 7.11 Å². The lowest BCUT2D eigenvalue weighted by atomic mass is 10.0. The Bertz CT molecular complexity index is 1250. The van der Waals surface area contributed by atoms with Crippen LogP contribution < -0.4 is 4.74 Å². The van der Waals surface area contributed by atoms with Crippen LogP contribution in [0.3, 0.4) is 0 Å². The molecule has 0 radical (unpaired) electrons. The van der Waals surface area contributed by atoms with Crippen molar-refractivity contribution < 1.29 is 23.0 Å². The molecule has 186 valence electrons. The zero-order valence-electron chi connectivity index (χ0n) is 19.7. The second-order valence-electron chi connectivity index (χ2n) is 8.38. The largest absolute Gasteiger partial charge is 0.481 e. The van der Waals surface area contributed by atoms with Gasteiger partial charge in [0.15, 0.2) is 6.61 Å². The Labute approximate surface area is 206 Å². The number of aliphatic hydroxyl groups excluding tert-OH is 1. The van der Waals surface area contributed by atoms with Crippen molar-refractivity contribution >= 4 is 33.4 Å². The fourth-order valence-electron chi connectivity index (χ4n) is 4.21. The molecular weight excluding hydrogens is 468 g/mol. The molecule has 2 aromatic carbocycles. The number of hydrogen-bond acceptors (Lipinski definition) is 9. The predicted octanol–water partition coefficient (Wildman–Crippen LogP) is 3.22. The number of aromatic nitrogens is 1. The van der Waals surface area contributed by atoms with Crippen molar-refractivity contribution in [2.24, 2.45) is 4.36 Å². The summed E-state index contributed by atoms with van der Waals surface area (Å²) in [5.74, 6) is 0.250. The van der Waals surface area contributed by atoms with Gasteiger partial charge in [0.25, 0.3) is 5.91 Å². The number of benzene rings is 2. The number of carbonyl (C=O) groups is 1. The highest BCUT2D eigenvalue weighted by atomic mass is 32.2. The first-order chi connectivity index (χ1) is 17.0. The third-order valence-electron chi connectivity index (χ3n) is 6.10. The number of β-amino-alcohol motifs (C(OH)–C–C–N with tert-alkyl or cyclic N) is 1. The van der Waals surface area contributed by atoms with Gasteiger partial charge >= 0.3 is 0 Å². The molecule has 1 unspecified atom stereocenters. The summed E-state index contributed by atoms with van der Waals surface area (Å²) in [6, 6.07) is 16.6. The predicted molar refractivity (Wildman–Crippen MR) is 133 cm³/mol. The Kier molecular flexibility index (Phi) is 8.29. The smallest absolute Gasteiger partial charge is 0.260 e. The number of nitrogens with zero attached hydrogens (tertiary/aromatic N) is 4. The van der Waals surface area contributed by atoms with E-state index in [1.807, 2.05) is 30.3 Å². The molecule has 4 rings (SSSR count). The van der Waals surface area contributed by atoms with Gasteiger partial charge in [0.1, 0.15) is 11.3 Å². The molecule has 1 amide bonds. The van der Waals surface area contributed by atoms with E-state index in [4.69, 9.17) is 8.92 Å². The van der Waals surface area contributed by atoms with Gasteiger partial charge in [0, 0.05) is 51.1 Å². The van der Waals surface area contributed by atoms with Gasteiger partial charge in [0.05, 0.1) is 12.1 Å². The molecule has 35 heavy (non-hydrogen) atoms. The Morgan fingerprint density at radius 3 is 2.77 bits per heavy atom.